The van der Waals surface area contributed by atoms with Gasteiger partial charge >= 0.3 is 0 Å². The minimum Gasteiger partial charge on any atom is -0.493 e. The molecule has 2 heterocycles. The number of aromatic nitrogens is 5. The van der Waals surface area contributed by atoms with Crippen molar-refractivity contribution in [3.05, 3.63) is 52.8 Å². The molecule has 0 spiro atoms. The molecule has 0 aliphatic heterocycles. The summed E-state index contributed by atoms with van der Waals surface area (Å²) in [7, 11) is 1.61. The summed E-state index contributed by atoms with van der Waals surface area (Å²) in [5, 5.41) is 15.2. The number of tetrazole rings is 1. The van der Waals surface area contributed by atoms with Gasteiger partial charge in [-0.25, -0.2) is 9.67 Å². The molecule has 0 saturated heterocycles. The van der Waals surface area contributed by atoms with Gasteiger partial charge in [0.1, 0.15) is 11.8 Å². The second-order valence-electron chi connectivity index (χ2n) is 5.43. The number of nitrogens with one attached hydrogen (secondary N) is 1. The Kier molecular flexibility index (Phi) is 5.85. The lowest BCUT2D eigenvalue weighted by Gasteiger charge is -2.13. The van der Waals surface area contributed by atoms with Gasteiger partial charge in [-0.1, -0.05) is 28.8 Å². The van der Waals surface area contributed by atoms with Gasteiger partial charge in [-0.05, 0) is 41.1 Å². The number of rotatable bonds is 8. The molecular formula is C17H19ClN6O2. The van der Waals surface area contributed by atoms with Gasteiger partial charge in [-0.3, -0.25) is 0 Å². The maximum Gasteiger partial charge on any atom is 0.243 e. The zero-order valence-corrected chi connectivity index (χ0v) is 15.3. The van der Waals surface area contributed by atoms with Crippen molar-refractivity contribution < 1.29 is 9.47 Å². The molecule has 0 bridgehead atoms. The average molecular weight is 375 g/mol. The third-order valence-electron chi connectivity index (χ3n) is 3.69. The number of aryl methyl sites for hydroxylation is 1. The van der Waals surface area contributed by atoms with Crippen molar-refractivity contribution in [3.8, 4) is 11.5 Å². The van der Waals surface area contributed by atoms with E-state index < -0.39 is 0 Å². The maximum absolute atomic E-state index is 5.83. The van der Waals surface area contributed by atoms with Gasteiger partial charge in [0.2, 0.25) is 5.95 Å². The second-order valence-corrected chi connectivity index (χ2v) is 5.82. The minimum absolute atomic E-state index is 0.378. The molecule has 9 heteroatoms. The van der Waals surface area contributed by atoms with Gasteiger partial charge in [-0.2, -0.15) is 0 Å². The normalized spacial score (nSPS) is 10.6. The molecule has 1 aromatic carbocycles. The quantitative estimate of drug-likeness (QED) is 0.606. The highest BCUT2D eigenvalue weighted by Crippen LogP contribution is 2.29. The van der Waals surface area contributed by atoms with Gasteiger partial charge < -0.3 is 14.8 Å². The Morgan fingerprint density at radius 2 is 2.00 bits per heavy atom. The van der Waals surface area contributed by atoms with E-state index in [-0.39, 0.29) is 0 Å². The van der Waals surface area contributed by atoms with Gasteiger partial charge in [0.15, 0.2) is 11.5 Å². The third-order valence-corrected chi connectivity index (χ3v) is 3.92. The molecule has 26 heavy (non-hydrogen) atoms. The minimum atomic E-state index is 0.378. The number of benzene rings is 1. The predicted molar refractivity (Wildman–Crippen MR) is 97.4 cm³/mol. The first-order valence-electron chi connectivity index (χ1n) is 8.09. The predicted octanol–water partition coefficient (Wildman–Crippen LogP) is 2.94. The van der Waals surface area contributed by atoms with Crippen LogP contribution >= 0.6 is 11.6 Å². The Hall–Kier alpha value is -2.87. The van der Waals surface area contributed by atoms with E-state index in [9.17, 15) is 0 Å². The fraction of sp³-hybridized carbons (Fsp3) is 0.294. The number of hydrogen-bond acceptors (Lipinski definition) is 7. The second kappa shape index (κ2) is 8.48. The Labute approximate surface area is 156 Å². The van der Waals surface area contributed by atoms with Crippen molar-refractivity contribution in [2.75, 3.05) is 12.4 Å². The van der Waals surface area contributed by atoms with Crippen LogP contribution in [0.25, 0.3) is 0 Å². The van der Waals surface area contributed by atoms with E-state index in [1.54, 1.807) is 24.1 Å². The zero-order chi connectivity index (χ0) is 18.4. The van der Waals surface area contributed by atoms with Crippen LogP contribution in [0.3, 0.4) is 0 Å². The molecule has 1 N–H and O–H groups in total. The van der Waals surface area contributed by atoms with E-state index >= 15 is 0 Å². The lowest BCUT2D eigenvalue weighted by Crippen LogP contribution is -2.08. The highest BCUT2D eigenvalue weighted by molar-refractivity contribution is 6.29. The van der Waals surface area contributed by atoms with Crippen LogP contribution in [0, 0.1) is 0 Å². The fourth-order valence-corrected chi connectivity index (χ4v) is 2.43. The van der Waals surface area contributed by atoms with Crippen LogP contribution in [-0.2, 0) is 19.7 Å². The summed E-state index contributed by atoms with van der Waals surface area (Å²) < 4.78 is 13.0. The standard InChI is InChI=1S/C17H19ClN6O2/c1-3-24-17(21-22-23-24)20-9-12-4-6-14(15(8-12)25-2)26-11-13-5-7-16(18)19-10-13/h4-8,10H,3,9,11H2,1-2H3,(H,20,21,23). The lowest BCUT2D eigenvalue weighted by molar-refractivity contribution is 0.284. The Balaban J connectivity index is 1.64. The molecule has 136 valence electrons. The summed E-state index contributed by atoms with van der Waals surface area (Å²) in [5.74, 6) is 1.94. The molecule has 0 saturated carbocycles. The number of nitrogens with zero attached hydrogens (tertiary/aromatic N) is 5. The van der Waals surface area contributed by atoms with E-state index in [2.05, 4.69) is 25.8 Å². The molecule has 0 unspecified atom stereocenters. The molecule has 3 rings (SSSR count). The van der Waals surface area contributed by atoms with Gasteiger partial charge in [-0.15, -0.1) is 0 Å². The topological polar surface area (TPSA) is 87.0 Å². The summed E-state index contributed by atoms with van der Waals surface area (Å²) in [5.41, 5.74) is 1.95. The average Bonchev–Trinajstić information content (AvgIpc) is 3.13. The lowest BCUT2D eigenvalue weighted by atomic mass is 10.2. The number of pyridine rings is 1. The summed E-state index contributed by atoms with van der Waals surface area (Å²) in [6.45, 7) is 3.62. The molecular weight excluding hydrogens is 356 g/mol. The van der Waals surface area contributed by atoms with Gasteiger partial charge in [0.05, 0.1) is 7.11 Å². The van der Waals surface area contributed by atoms with E-state index in [1.807, 2.05) is 31.2 Å². The summed E-state index contributed by atoms with van der Waals surface area (Å²) in [4.78, 5) is 4.04. The number of halogens is 1. The van der Waals surface area contributed by atoms with Crippen LogP contribution in [0.15, 0.2) is 36.5 Å². The third kappa shape index (κ3) is 4.40. The number of ether oxygens (including phenoxy) is 2. The van der Waals surface area contributed by atoms with Crippen molar-refractivity contribution in [3.63, 3.8) is 0 Å². The summed E-state index contributed by atoms with van der Waals surface area (Å²) in [6.07, 6.45) is 1.69. The van der Waals surface area contributed by atoms with Crippen LogP contribution in [0.4, 0.5) is 5.95 Å². The highest BCUT2D eigenvalue weighted by atomic mass is 35.5. The van der Waals surface area contributed by atoms with Crippen LogP contribution in [0.2, 0.25) is 5.15 Å². The van der Waals surface area contributed by atoms with Gasteiger partial charge in [0.25, 0.3) is 0 Å². The molecule has 2 aromatic heterocycles. The monoisotopic (exact) mass is 374 g/mol. The molecule has 0 aliphatic rings. The van der Waals surface area contributed by atoms with Crippen molar-refractivity contribution in [2.24, 2.45) is 0 Å². The molecule has 0 atom stereocenters. The van der Waals surface area contributed by atoms with Crippen LogP contribution in [0.5, 0.6) is 11.5 Å². The first-order chi connectivity index (χ1) is 12.7. The largest absolute Gasteiger partial charge is 0.493 e. The SMILES string of the molecule is CCn1nnnc1NCc1ccc(OCc2ccc(Cl)nc2)c(OC)c1. The van der Waals surface area contributed by atoms with Crippen LogP contribution in [-0.4, -0.2) is 32.3 Å². The highest BCUT2D eigenvalue weighted by Gasteiger charge is 2.08. The van der Waals surface area contributed by atoms with Crippen molar-refractivity contribution >= 4 is 17.5 Å². The molecule has 0 radical (unpaired) electrons. The Morgan fingerprint density at radius 3 is 2.73 bits per heavy atom. The van der Waals surface area contributed by atoms with Crippen LogP contribution in [0.1, 0.15) is 18.1 Å². The first kappa shape index (κ1) is 17.9. The number of anilines is 1. The Morgan fingerprint density at radius 1 is 1.15 bits per heavy atom. The van der Waals surface area contributed by atoms with Crippen molar-refractivity contribution in [1.29, 1.82) is 0 Å². The number of methoxy groups -OCH3 is 1. The Bertz CT molecular complexity index is 853. The zero-order valence-electron chi connectivity index (χ0n) is 14.5. The fourth-order valence-electron chi connectivity index (χ4n) is 2.32. The van der Waals surface area contributed by atoms with E-state index in [0.29, 0.717) is 42.3 Å². The first-order valence-corrected chi connectivity index (χ1v) is 8.47. The molecule has 0 amide bonds. The van der Waals surface area contributed by atoms with E-state index in [0.717, 1.165) is 11.1 Å². The maximum atomic E-state index is 5.83. The van der Waals surface area contributed by atoms with E-state index in [4.69, 9.17) is 21.1 Å². The van der Waals surface area contributed by atoms with E-state index in [1.165, 1.54) is 0 Å². The van der Waals surface area contributed by atoms with Crippen molar-refractivity contribution in [1.82, 2.24) is 25.2 Å². The molecule has 0 fully saturated rings. The summed E-state index contributed by atoms with van der Waals surface area (Å²) >= 11 is 5.79. The molecule has 8 nitrogen and oxygen atoms in total. The number of hydrogen-bond donors (Lipinski definition) is 1. The molecule has 3 aromatic rings. The van der Waals surface area contributed by atoms with Gasteiger partial charge in [0, 0.05) is 24.8 Å². The summed E-state index contributed by atoms with van der Waals surface area (Å²) in [6, 6.07) is 9.36. The molecule has 0 aliphatic carbocycles. The van der Waals surface area contributed by atoms with Crippen LogP contribution < -0.4 is 14.8 Å². The van der Waals surface area contributed by atoms with Crippen molar-refractivity contribution in [2.45, 2.75) is 26.6 Å². The smallest absolute Gasteiger partial charge is 0.243 e.